The van der Waals surface area contributed by atoms with Gasteiger partial charge in [-0.3, -0.25) is 19.4 Å². The fourth-order valence-corrected chi connectivity index (χ4v) is 5.15. The number of nitrogens with zero attached hydrogens (tertiary/aromatic N) is 5. The molecule has 2 heterocycles. The Labute approximate surface area is 281 Å². The molecular weight excluding hydrogens is 620 g/mol. The first kappa shape index (κ1) is 32.3. The highest BCUT2D eigenvalue weighted by Crippen LogP contribution is 2.26. The van der Waals surface area contributed by atoms with E-state index in [9.17, 15) is 19.3 Å². The third kappa shape index (κ3) is 8.22. The molecule has 3 amide bonds. The largest absolute Gasteiger partial charge is 0.334 e. The molecule has 0 saturated heterocycles. The molecule has 1 N–H and O–H groups in total. The summed E-state index contributed by atoms with van der Waals surface area (Å²) < 4.78 is 5.54. The van der Waals surface area contributed by atoms with Gasteiger partial charge in [-0.15, -0.1) is 4.91 Å². The highest BCUT2D eigenvalue weighted by Gasteiger charge is 2.20. The number of nitrogens with one attached hydrogen (secondary N) is 1. The zero-order valence-electron chi connectivity index (χ0n) is 26.4. The van der Waals surface area contributed by atoms with E-state index in [1.54, 1.807) is 73.1 Å². The van der Waals surface area contributed by atoms with Gasteiger partial charge < -0.3 is 14.7 Å². The molecule has 0 saturated carbocycles. The van der Waals surface area contributed by atoms with Crippen LogP contribution in [0.15, 0.2) is 131 Å². The smallest absolute Gasteiger partial charge is 0.305 e. The summed E-state index contributed by atoms with van der Waals surface area (Å²) in [5.74, 6) is -0.916. The minimum Gasteiger partial charge on any atom is -0.334 e. The lowest BCUT2D eigenvalue weighted by atomic mass is 10.0. The van der Waals surface area contributed by atoms with Crippen LogP contribution in [0.3, 0.4) is 0 Å². The van der Waals surface area contributed by atoms with E-state index in [1.165, 1.54) is 10.5 Å². The zero-order valence-corrected chi connectivity index (χ0v) is 26.4. The maximum Gasteiger partial charge on any atom is 0.305 e. The fourth-order valence-electron chi connectivity index (χ4n) is 5.15. The van der Waals surface area contributed by atoms with E-state index >= 15 is 0 Å². The second-order valence-electron chi connectivity index (χ2n) is 11.4. The first-order valence-electron chi connectivity index (χ1n) is 15.4. The molecule has 0 bridgehead atoms. The maximum absolute atomic E-state index is 13.4. The summed E-state index contributed by atoms with van der Waals surface area (Å²) in [4.78, 5) is 58.5. The minimum absolute atomic E-state index is 0.0365. The van der Waals surface area contributed by atoms with Gasteiger partial charge in [-0.2, -0.15) is 4.98 Å². The number of carbonyl (C=O) groups is 3. The predicted molar refractivity (Wildman–Crippen MR) is 184 cm³/mol. The van der Waals surface area contributed by atoms with Crippen molar-refractivity contribution in [3.8, 4) is 34.0 Å². The highest BCUT2D eigenvalue weighted by molar-refractivity contribution is 5.98. The SMILES string of the molecule is Cc1ccc(-c2ccc(-c3nc(-c4ccc(CN(CC(=O)N=O)C(=O)c5ccc(NC(=O)Cc6cccnc6)cc5)cc4)no3)cc2)cc1. The molecule has 11 nitrogen and oxygen atoms in total. The Morgan fingerprint density at radius 3 is 2.08 bits per heavy atom. The Hall–Kier alpha value is -6.62. The summed E-state index contributed by atoms with van der Waals surface area (Å²) in [6, 6.07) is 33.2. The molecule has 0 spiro atoms. The van der Waals surface area contributed by atoms with Crippen LogP contribution in [0.1, 0.15) is 27.0 Å². The Kier molecular flexibility index (Phi) is 9.80. The van der Waals surface area contributed by atoms with Crippen LogP contribution in [-0.2, 0) is 22.6 Å². The number of hydrogen-bond acceptors (Lipinski definition) is 8. The van der Waals surface area contributed by atoms with E-state index in [0.29, 0.717) is 28.5 Å². The van der Waals surface area contributed by atoms with Crippen LogP contribution in [0.4, 0.5) is 5.69 Å². The second kappa shape index (κ2) is 14.9. The molecule has 0 radical (unpaired) electrons. The normalized spacial score (nSPS) is 10.7. The van der Waals surface area contributed by atoms with Crippen molar-refractivity contribution in [2.45, 2.75) is 19.9 Å². The number of nitroso groups, excluding NO2 is 1. The van der Waals surface area contributed by atoms with Gasteiger partial charge in [0.2, 0.25) is 11.7 Å². The molecule has 4 aromatic carbocycles. The lowest BCUT2D eigenvalue weighted by Gasteiger charge is -2.21. The van der Waals surface area contributed by atoms with E-state index in [1.807, 2.05) is 24.3 Å². The van der Waals surface area contributed by atoms with Gasteiger partial charge in [0.25, 0.3) is 11.8 Å². The maximum atomic E-state index is 13.4. The van der Waals surface area contributed by atoms with Crippen molar-refractivity contribution in [3.05, 3.63) is 149 Å². The standard InChI is InChI=1S/C38H30N6O5/c1-25-4-8-28(9-5-25)29-12-14-31(15-13-29)37-41-36(43-49-37)30-10-6-26(7-11-30)23-44(24-35(46)42-48)38(47)32-16-18-33(19-17-32)40-34(45)21-27-3-2-20-39-22-27/h2-20,22H,21,23-24H2,1H3,(H,40,45). The number of rotatable bonds is 11. The third-order valence-corrected chi connectivity index (χ3v) is 7.75. The van der Waals surface area contributed by atoms with Crippen LogP contribution < -0.4 is 5.32 Å². The van der Waals surface area contributed by atoms with Crippen molar-refractivity contribution in [1.82, 2.24) is 20.0 Å². The number of benzene rings is 4. The molecule has 11 heteroatoms. The third-order valence-electron chi connectivity index (χ3n) is 7.75. The number of carbonyl (C=O) groups excluding carboxylic acids is 3. The number of hydrogen-bond donors (Lipinski definition) is 1. The molecule has 0 aliphatic carbocycles. The first-order chi connectivity index (χ1) is 23.8. The average Bonchev–Trinajstić information content (AvgIpc) is 3.63. The van der Waals surface area contributed by atoms with E-state index in [-0.39, 0.29) is 24.4 Å². The van der Waals surface area contributed by atoms with Gasteiger partial charge in [-0.05, 0) is 71.6 Å². The van der Waals surface area contributed by atoms with Crippen LogP contribution in [0.5, 0.6) is 0 Å². The monoisotopic (exact) mass is 650 g/mol. The highest BCUT2D eigenvalue weighted by atomic mass is 16.5. The van der Waals surface area contributed by atoms with Gasteiger partial charge in [0.05, 0.1) is 6.42 Å². The molecule has 49 heavy (non-hydrogen) atoms. The van der Waals surface area contributed by atoms with Gasteiger partial charge in [0.1, 0.15) is 6.54 Å². The number of aryl methyl sites for hydroxylation is 1. The molecule has 0 atom stereocenters. The number of aromatic nitrogens is 3. The van der Waals surface area contributed by atoms with Gasteiger partial charge in [-0.1, -0.05) is 77.5 Å². The van der Waals surface area contributed by atoms with Gasteiger partial charge in [0.15, 0.2) is 0 Å². The lowest BCUT2D eigenvalue weighted by molar-refractivity contribution is -0.118. The number of pyridine rings is 1. The van der Waals surface area contributed by atoms with Crippen molar-refractivity contribution in [2.75, 3.05) is 11.9 Å². The minimum atomic E-state index is -0.976. The summed E-state index contributed by atoms with van der Waals surface area (Å²) in [5.41, 5.74) is 7.12. The topological polar surface area (TPSA) is 148 Å². The van der Waals surface area contributed by atoms with Crippen LogP contribution in [0.25, 0.3) is 34.0 Å². The summed E-state index contributed by atoms with van der Waals surface area (Å²) >= 11 is 0. The van der Waals surface area contributed by atoms with Crippen molar-refractivity contribution in [3.63, 3.8) is 0 Å². The predicted octanol–water partition coefficient (Wildman–Crippen LogP) is 6.89. The van der Waals surface area contributed by atoms with Gasteiger partial charge >= 0.3 is 5.91 Å². The lowest BCUT2D eigenvalue weighted by Crippen LogP contribution is -2.34. The molecule has 2 aromatic heterocycles. The summed E-state index contributed by atoms with van der Waals surface area (Å²) in [5, 5.41) is 9.39. The van der Waals surface area contributed by atoms with Crippen molar-refractivity contribution in [2.24, 2.45) is 5.18 Å². The molecule has 0 unspecified atom stereocenters. The van der Waals surface area contributed by atoms with E-state index in [2.05, 4.69) is 56.8 Å². The summed E-state index contributed by atoms with van der Waals surface area (Å²) in [6.45, 7) is 1.59. The molecule has 0 aliphatic rings. The van der Waals surface area contributed by atoms with E-state index in [0.717, 1.165) is 22.3 Å². The zero-order chi connectivity index (χ0) is 34.2. The molecule has 6 aromatic rings. The number of anilines is 1. The quantitative estimate of drug-likeness (QED) is 0.149. The van der Waals surface area contributed by atoms with Gasteiger partial charge in [-0.25, -0.2) is 0 Å². The van der Waals surface area contributed by atoms with E-state index < -0.39 is 18.4 Å². The Morgan fingerprint density at radius 2 is 1.43 bits per heavy atom. The molecule has 0 aliphatic heterocycles. The Bertz CT molecular complexity index is 2080. The Morgan fingerprint density at radius 1 is 0.776 bits per heavy atom. The van der Waals surface area contributed by atoms with Gasteiger partial charge in [0, 0.05) is 46.5 Å². The summed E-state index contributed by atoms with van der Waals surface area (Å²) in [6.07, 6.45) is 3.40. The van der Waals surface area contributed by atoms with Crippen LogP contribution in [0, 0.1) is 11.8 Å². The summed E-state index contributed by atoms with van der Waals surface area (Å²) in [7, 11) is 0. The number of amides is 3. The molecule has 6 rings (SSSR count). The average molecular weight is 651 g/mol. The van der Waals surface area contributed by atoms with Crippen LogP contribution in [0.2, 0.25) is 0 Å². The molecular formula is C38H30N6O5. The van der Waals surface area contributed by atoms with Crippen molar-refractivity contribution >= 4 is 23.4 Å². The second-order valence-corrected chi connectivity index (χ2v) is 11.4. The molecule has 0 fully saturated rings. The molecule has 242 valence electrons. The van der Waals surface area contributed by atoms with E-state index in [4.69, 9.17) is 4.52 Å². The van der Waals surface area contributed by atoms with Crippen molar-refractivity contribution in [1.29, 1.82) is 0 Å². The fraction of sp³-hybridized carbons (Fsp3) is 0.105. The van der Waals surface area contributed by atoms with Crippen LogP contribution in [-0.4, -0.2) is 44.3 Å². The Balaban J connectivity index is 1.10. The van der Waals surface area contributed by atoms with Crippen LogP contribution >= 0.6 is 0 Å². The first-order valence-corrected chi connectivity index (χ1v) is 15.4. The van der Waals surface area contributed by atoms with Crippen molar-refractivity contribution < 1.29 is 18.9 Å².